The Hall–Kier alpha value is -1.77. The number of hydrogen-bond donors (Lipinski definition) is 1. The quantitative estimate of drug-likeness (QED) is 0.466. The third-order valence-electron chi connectivity index (χ3n) is 4.32. The number of furan rings is 1. The summed E-state index contributed by atoms with van der Waals surface area (Å²) in [4.78, 5) is 10.6. The second kappa shape index (κ2) is 11.7. The second-order valence-corrected chi connectivity index (χ2v) is 6.91. The molecule has 24 heavy (non-hydrogen) atoms. The summed E-state index contributed by atoms with van der Waals surface area (Å²) in [5, 5.41) is 8.75. The van der Waals surface area contributed by atoms with Crippen molar-refractivity contribution in [2.24, 2.45) is 5.92 Å². The number of carboxylic acid groups (broad SMARTS) is 1. The molecule has 0 fully saturated rings. The summed E-state index contributed by atoms with van der Waals surface area (Å²) in [6.07, 6.45) is 15.9. The van der Waals surface area contributed by atoms with Crippen LogP contribution in [-0.4, -0.2) is 11.1 Å². The lowest BCUT2D eigenvalue weighted by Crippen LogP contribution is -2.03. The molecule has 1 heterocycles. The predicted octanol–water partition coefficient (Wildman–Crippen LogP) is 6.17. The summed E-state index contributed by atoms with van der Waals surface area (Å²) >= 11 is 0. The summed E-state index contributed by atoms with van der Waals surface area (Å²) in [5.41, 5.74) is 4.14. The molecular weight excluding hydrogens is 300 g/mol. The van der Waals surface area contributed by atoms with Crippen LogP contribution in [0.25, 0.3) is 0 Å². The zero-order chi connectivity index (χ0) is 17.8. The highest BCUT2D eigenvalue weighted by Gasteiger charge is 2.06. The predicted molar refractivity (Wildman–Crippen MR) is 99.0 cm³/mol. The molecule has 0 amide bonds. The maximum Gasteiger partial charge on any atom is 0.303 e. The van der Waals surface area contributed by atoms with E-state index < -0.39 is 5.97 Å². The minimum absolute atomic E-state index is 0.256. The molecular formula is C21H32O3. The molecule has 0 saturated heterocycles. The van der Waals surface area contributed by atoms with E-state index in [1.807, 2.05) is 19.3 Å². The molecule has 0 aliphatic heterocycles. The summed E-state index contributed by atoms with van der Waals surface area (Å²) in [6, 6.07) is 2.02. The first-order valence-electron chi connectivity index (χ1n) is 9.01. The number of aliphatic carboxylic acids is 1. The second-order valence-electron chi connectivity index (χ2n) is 6.91. The standard InChI is InChI=1S/C21H32O3/c1-17(9-5-11-19(3)15-21(22)23)7-4-8-18(2)10-6-12-20-13-14-24-16-20/h9-10,13-14,16,19H,4-8,11-12,15H2,1-3H3,(H,22,23)/b17-9-,18-10+/t19-/m1/s1. The molecule has 0 aliphatic rings. The van der Waals surface area contributed by atoms with Crippen molar-refractivity contribution in [3.8, 4) is 0 Å². The summed E-state index contributed by atoms with van der Waals surface area (Å²) in [6.45, 7) is 6.40. The molecule has 134 valence electrons. The van der Waals surface area contributed by atoms with Crippen LogP contribution in [0.5, 0.6) is 0 Å². The highest BCUT2D eigenvalue weighted by atomic mass is 16.4. The molecule has 0 aromatic carbocycles. The monoisotopic (exact) mass is 332 g/mol. The largest absolute Gasteiger partial charge is 0.481 e. The van der Waals surface area contributed by atoms with Crippen LogP contribution in [0, 0.1) is 5.92 Å². The van der Waals surface area contributed by atoms with Gasteiger partial charge in [-0.05, 0) is 76.3 Å². The van der Waals surface area contributed by atoms with Crippen molar-refractivity contribution in [3.05, 3.63) is 47.5 Å². The fourth-order valence-electron chi connectivity index (χ4n) is 2.78. The number of carbonyl (C=O) groups is 1. The van der Waals surface area contributed by atoms with E-state index in [2.05, 4.69) is 26.0 Å². The first kappa shape index (κ1) is 20.3. The Morgan fingerprint density at radius 3 is 2.46 bits per heavy atom. The van der Waals surface area contributed by atoms with Gasteiger partial charge in [0.05, 0.1) is 12.5 Å². The van der Waals surface area contributed by atoms with Gasteiger partial charge in [0.2, 0.25) is 0 Å². The maximum atomic E-state index is 10.6. The van der Waals surface area contributed by atoms with Gasteiger partial charge in [0, 0.05) is 6.42 Å². The Morgan fingerprint density at radius 1 is 1.21 bits per heavy atom. The van der Waals surface area contributed by atoms with Gasteiger partial charge in [-0.3, -0.25) is 4.79 Å². The number of aryl methyl sites for hydroxylation is 1. The number of allylic oxidation sites excluding steroid dienone is 4. The van der Waals surface area contributed by atoms with Gasteiger partial charge < -0.3 is 9.52 Å². The Labute approximate surface area is 146 Å². The van der Waals surface area contributed by atoms with Gasteiger partial charge in [-0.15, -0.1) is 0 Å². The average Bonchev–Trinajstić information content (AvgIpc) is 2.99. The van der Waals surface area contributed by atoms with E-state index >= 15 is 0 Å². The molecule has 0 spiro atoms. The van der Waals surface area contributed by atoms with Gasteiger partial charge in [-0.1, -0.05) is 30.2 Å². The average molecular weight is 332 g/mol. The molecule has 3 heteroatoms. The Morgan fingerprint density at radius 2 is 1.88 bits per heavy atom. The van der Waals surface area contributed by atoms with Gasteiger partial charge in [-0.2, -0.15) is 0 Å². The molecule has 0 radical (unpaired) electrons. The van der Waals surface area contributed by atoms with Gasteiger partial charge in [0.1, 0.15) is 0 Å². The smallest absolute Gasteiger partial charge is 0.303 e. The maximum absolute atomic E-state index is 10.6. The molecule has 1 N–H and O–H groups in total. The Bertz CT molecular complexity index is 523. The van der Waals surface area contributed by atoms with Gasteiger partial charge in [-0.25, -0.2) is 0 Å². The Balaban J connectivity index is 2.13. The first-order valence-corrected chi connectivity index (χ1v) is 9.01. The molecule has 0 bridgehead atoms. The third-order valence-corrected chi connectivity index (χ3v) is 4.32. The first-order chi connectivity index (χ1) is 11.5. The fourth-order valence-corrected chi connectivity index (χ4v) is 2.78. The van der Waals surface area contributed by atoms with E-state index in [1.165, 1.54) is 23.1 Å². The van der Waals surface area contributed by atoms with E-state index in [0.29, 0.717) is 0 Å². The molecule has 0 saturated carbocycles. The van der Waals surface area contributed by atoms with Crippen LogP contribution in [0.3, 0.4) is 0 Å². The molecule has 1 rings (SSSR count). The SMILES string of the molecule is C/C(=C/CC[C@@H](C)CC(=O)O)CCC/C(C)=C/CCc1ccoc1. The molecule has 1 aromatic heterocycles. The van der Waals surface area contributed by atoms with E-state index in [9.17, 15) is 4.79 Å². The minimum Gasteiger partial charge on any atom is -0.481 e. The van der Waals surface area contributed by atoms with Gasteiger partial charge >= 0.3 is 5.97 Å². The molecule has 0 unspecified atom stereocenters. The Kier molecular flexibility index (Phi) is 9.90. The fraction of sp³-hybridized carbons (Fsp3) is 0.571. The molecule has 1 aromatic rings. The molecule has 3 nitrogen and oxygen atoms in total. The zero-order valence-corrected chi connectivity index (χ0v) is 15.4. The van der Waals surface area contributed by atoms with Crippen LogP contribution in [0.4, 0.5) is 0 Å². The lowest BCUT2D eigenvalue weighted by Gasteiger charge is -2.07. The van der Waals surface area contributed by atoms with Crippen LogP contribution in [-0.2, 0) is 11.2 Å². The van der Waals surface area contributed by atoms with E-state index in [4.69, 9.17) is 9.52 Å². The normalized spacial score (nSPS) is 14.0. The van der Waals surface area contributed by atoms with E-state index in [0.717, 1.165) is 38.5 Å². The molecule has 1 atom stereocenters. The summed E-state index contributed by atoms with van der Waals surface area (Å²) in [5.74, 6) is -0.440. The van der Waals surface area contributed by atoms with Crippen molar-refractivity contribution in [2.45, 2.75) is 72.1 Å². The van der Waals surface area contributed by atoms with Crippen molar-refractivity contribution in [3.63, 3.8) is 0 Å². The number of rotatable bonds is 12. The van der Waals surface area contributed by atoms with E-state index in [1.54, 1.807) is 6.26 Å². The lowest BCUT2D eigenvalue weighted by atomic mass is 9.99. The molecule has 0 aliphatic carbocycles. The van der Waals surface area contributed by atoms with Crippen LogP contribution in [0.2, 0.25) is 0 Å². The lowest BCUT2D eigenvalue weighted by molar-refractivity contribution is -0.138. The van der Waals surface area contributed by atoms with Crippen molar-refractivity contribution < 1.29 is 14.3 Å². The summed E-state index contributed by atoms with van der Waals surface area (Å²) in [7, 11) is 0. The minimum atomic E-state index is -0.696. The van der Waals surface area contributed by atoms with Gasteiger partial charge in [0.15, 0.2) is 0 Å². The van der Waals surface area contributed by atoms with Crippen LogP contribution >= 0.6 is 0 Å². The zero-order valence-electron chi connectivity index (χ0n) is 15.4. The topological polar surface area (TPSA) is 50.4 Å². The van der Waals surface area contributed by atoms with Crippen molar-refractivity contribution in [2.75, 3.05) is 0 Å². The van der Waals surface area contributed by atoms with Gasteiger partial charge in [0.25, 0.3) is 0 Å². The van der Waals surface area contributed by atoms with Crippen molar-refractivity contribution >= 4 is 5.97 Å². The van der Waals surface area contributed by atoms with Crippen molar-refractivity contribution in [1.29, 1.82) is 0 Å². The third kappa shape index (κ3) is 10.1. The number of carboxylic acids is 1. The highest BCUT2D eigenvalue weighted by Crippen LogP contribution is 2.16. The van der Waals surface area contributed by atoms with Crippen LogP contribution in [0.15, 0.2) is 46.3 Å². The van der Waals surface area contributed by atoms with Crippen molar-refractivity contribution in [1.82, 2.24) is 0 Å². The number of hydrogen-bond acceptors (Lipinski definition) is 2. The van der Waals surface area contributed by atoms with Crippen LogP contribution in [0.1, 0.15) is 71.3 Å². The van der Waals surface area contributed by atoms with E-state index in [-0.39, 0.29) is 12.3 Å². The highest BCUT2D eigenvalue weighted by molar-refractivity contribution is 5.66. The van der Waals surface area contributed by atoms with Crippen LogP contribution < -0.4 is 0 Å². The summed E-state index contributed by atoms with van der Waals surface area (Å²) < 4.78 is 5.07.